The first-order valence-corrected chi connectivity index (χ1v) is 6.83. The molecule has 1 heterocycles. The lowest BCUT2D eigenvalue weighted by Gasteiger charge is -2.31. The maximum Gasteiger partial charge on any atom is 0.0621 e. The van der Waals surface area contributed by atoms with E-state index in [-0.39, 0.29) is 0 Å². The molecule has 1 N–H and O–H groups in total. The molecule has 2 saturated carbocycles. The fourth-order valence-electron chi connectivity index (χ4n) is 3.68. The lowest BCUT2D eigenvalue weighted by Crippen LogP contribution is -2.33. The van der Waals surface area contributed by atoms with Gasteiger partial charge in [0, 0.05) is 18.9 Å². The van der Waals surface area contributed by atoms with Crippen molar-refractivity contribution in [3.05, 3.63) is 29.0 Å². The van der Waals surface area contributed by atoms with E-state index in [1.54, 1.807) is 6.20 Å². The van der Waals surface area contributed by atoms with Gasteiger partial charge in [-0.05, 0) is 61.6 Å². The topological polar surface area (TPSA) is 24.9 Å². The van der Waals surface area contributed by atoms with E-state index in [9.17, 15) is 0 Å². The van der Waals surface area contributed by atoms with Crippen molar-refractivity contribution in [1.29, 1.82) is 0 Å². The van der Waals surface area contributed by atoms with Gasteiger partial charge in [0.05, 0.1) is 5.02 Å². The fourth-order valence-corrected chi connectivity index (χ4v) is 3.87. The summed E-state index contributed by atoms with van der Waals surface area (Å²) >= 11 is 6.23. The van der Waals surface area contributed by atoms with E-state index in [0.717, 1.165) is 29.8 Å². The molecular weight excluding hydrogens is 232 g/mol. The largest absolute Gasteiger partial charge is 0.319 e. The SMILES string of the molecule is CNCC1(Cc2ccncc2Cl)CC2CC2C1. The zero-order chi connectivity index (χ0) is 11.9. The molecule has 0 amide bonds. The molecular formula is C14H19ClN2. The van der Waals surface area contributed by atoms with E-state index in [1.807, 2.05) is 6.20 Å². The third-order valence-electron chi connectivity index (χ3n) is 4.43. The van der Waals surface area contributed by atoms with Gasteiger partial charge in [0.15, 0.2) is 0 Å². The minimum atomic E-state index is 0.438. The summed E-state index contributed by atoms with van der Waals surface area (Å²) < 4.78 is 0. The van der Waals surface area contributed by atoms with Crippen LogP contribution in [0.25, 0.3) is 0 Å². The van der Waals surface area contributed by atoms with Crippen LogP contribution >= 0.6 is 11.6 Å². The summed E-state index contributed by atoms with van der Waals surface area (Å²) in [5.41, 5.74) is 1.70. The molecule has 2 unspecified atom stereocenters. The van der Waals surface area contributed by atoms with Gasteiger partial charge in [0.25, 0.3) is 0 Å². The Morgan fingerprint density at radius 2 is 2.24 bits per heavy atom. The third-order valence-corrected chi connectivity index (χ3v) is 4.77. The number of hydrogen-bond donors (Lipinski definition) is 1. The highest BCUT2D eigenvalue weighted by Gasteiger charge is 2.53. The Morgan fingerprint density at radius 3 is 2.88 bits per heavy atom. The van der Waals surface area contributed by atoms with Crippen LogP contribution < -0.4 is 5.32 Å². The molecule has 1 aromatic heterocycles. The van der Waals surface area contributed by atoms with Crippen molar-refractivity contribution in [2.24, 2.45) is 17.3 Å². The predicted molar refractivity (Wildman–Crippen MR) is 70.1 cm³/mol. The smallest absolute Gasteiger partial charge is 0.0621 e. The van der Waals surface area contributed by atoms with E-state index in [1.165, 1.54) is 24.8 Å². The number of hydrogen-bond acceptors (Lipinski definition) is 2. The van der Waals surface area contributed by atoms with Gasteiger partial charge in [-0.1, -0.05) is 11.6 Å². The number of pyridine rings is 1. The summed E-state index contributed by atoms with van der Waals surface area (Å²) in [4.78, 5) is 4.06. The summed E-state index contributed by atoms with van der Waals surface area (Å²) in [6.45, 7) is 1.11. The third kappa shape index (κ3) is 2.21. The number of halogens is 1. The molecule has 2 atom stereocenters. The fraction of sp³-hybridized carbons (Fsp3) is 0.643. The van der Waals surface area contributed by atoms with Gasteiger partial charge in [0.1, 0.15) is 0 Å². The average Bonchev–Trinajstić information content (AvgIpc) is 2.91. The highest BCUT2D eigenvalue weighted by Crippen LogP contribution is 2.60. The lowest BCUT2D eigenvalue weighted by molar-refractivity contribution is 0.255. The zero-order valence-electron chi connectivity index (χ0n) is 10.2. The van der Waals surface area contributed by atoms with Crippen molar-refractivity contribution in [3.63, 3.8) is 0 Å². The van der Waals surface area contributed by atoms with Crippen LogP contribution in [0.2, 0.25) is 5.02 Å². The van der Waals surface area contributed by atoms with Crippen molar-refractivity contribution in [1.82, 2.24) is 10.3 Å². The minimum Gasteiger partial charge on any atom is -0.319 e. The van der Waals surface area contributed by atoms with Crippen LogP contribution in [-0.2, 0) is 6.42 Å². The molecule has 0 saturated heterocycles. The summed E-state index contributed by atoms with van der Waals surface area (Å²) in [6.07, 6.45) is 8.93. The van der Waals surface area contributed by atoms with Crippen LogP contribution in [0.1, 0.15) is 24.8 Å². The molecule has 1 aromatic rings. The number of fused-ring (bicyclic) bond motifs is 1. The molecule has 2 aliphatic rings. The molecule has 17 heavy (non-hydrogen) atoms. The Kier molecular flexibility index (Phi) is 2.87. The standard InChI is InChI=1S/C14H19ClN2/c1-16-9-14(6-11-4-12(11)7-14)5-10-2-3-17-8-13(10)15/h2-3,8,11-12,16H,4-7,9H2,1H3. The molecule has 3 heteroatoms. The van der Waals surface area contributed by atoms with E-state index in [2.05, 4.69) is 23.4 Å². The first kappa shape index (κ1) is 11.5. The first-order valence-electron chi connectivity index (χ1n) is 6.45. The average molecular weight is 251 g/mol. The van der Waals surface area contributed by atoms with Gasteiger partial charge >= 0.3 is 0 Å². The lowest BCUT2D eigenvalue weighted by atomic mass is 9.77. The molecule has 0 bridgehead atoms. The van der Waals surface area contributed by atoms with Crippen molar-refractivity contribution >= 4 is 11.6 Å². The zero-order valence-corrected chi connectivity index (χ0v) is 11.0. The predicted octanol–water partition coefficient (Wildman–Crippen LogP) is 2.91. The second-order valence-electron chi connectivity index (χ2n) is 5.84. The summed E-state index contributed by atoms with van der Waals surface area (Å²) in [7, 11) is 2.06. The Balaban J connectivity index is 1.79. The maximum absolute atomic E-state index is 6.23. The Morgan fingerprint density at radius 1 is 1.47 bits per heavy atom. The van der Waals surface area contributed by atoms with Crippen LogP contribution in [0.15, 0.2) is 18.5 Å². The molecule has 0 radical (unpaired) electrons. The van der Waals surface area contributed by atoms with Crippen molar-refractivity contribution in [2.75, 3.05) is 13.6 Å². The number of rotatable bonds is 4. The molecule has 2 fully saturated rings. The van der Waals surface area contributed by atoms with Gasteiger partial charge in [-0.3, -0.25) is 4.98 Å². The Hall–Kier alpha value is -0.600. The highest BCUT2D eigenvalue weighted by molar-refractivity contribution is 6.31. The molecule has 0 aromatic carbocycles. The molecule has 3 rings (SSSR count). The second kappa shape index (κ2) is 4.25. The van der Waals surface area contributed by atoms with Crippen LogP contribution in [-0.4, -0.2) is 18.6 Å². The van der Waals surface area contributed by atoms with Gasteiger partial charge in [-0.2, -0.15) is 0 Å². The van der Waals surface area contributed by atoms with Gasteiger partial charge < -0.3 is 5.32 Å². The molecule has 0 aliphatic heterocycles. The van der Waals surface area contributed by atoms with E-state index in [0.29, 0.717) is 5.41 Å². The van der Waals surface area contributed by atoms with Crippen LogP contribution in [0.3, 0.4) is 0 Å². The highest BCUT2D eigenvalue weighted by atomic mass is 35.5. The Bertz CT molecular complexity index is 408. The van der Waals surface area contributed by atoms with E-state index in [4.69, 9.17) is 11.6 Å². The number of nitrogens with zero attached hydrogens (tertiary/aromatic N) is 1. The molecule has 92 valence electrons. The minimum absolute atomic E-state index is 0.438. The quantitative estimate of drug-likeness (QED) is 0.889. The van der Waals surface area contributed by atoms with Crippen LogP contribution in [0.5, 0.6) is 0 Å². The van der Waals surface area contributed by atoms with Gasteiger partial charge in [-0.15, -0.1) is 0 Å². The molecule has 2 nitrogen and oxygen atoms in total. The van der Waals surface area contributed by atoms with Crippen molar-refractivity contribution in [2.45, 2.75) is 25.7 Å². The van der Waals surface area contributed by atoms with Gasteiger partial charge in [-0.25, -0.2) is 0 Å². The summed E-state index contributed by atoms with van der Waals surface area (Å²) in [6, 6.07) is 2.07. The normalized spacial score (nSPS) is 34.7. The molecule has 2 aliphatic carbocycles. The van der Waals surface area contributed by atoms with E-state index >= 15 is 0 Å². The maximum atomic E-state index is 6.23. The number of aromatic nitrogens is 1. The van der Waals surface area contributed by atoms with Crippen molar-refractivity contribution < 1.29 is 0 Å². The summed E-state index contributed by atoms with van der Waals surface area (Å²) in [5.74, 6) is 2.01. The number of nitrogens with one attached hydrogen (secondary N) is 1. The second-order valence-corrected chi connectivity index (χ2v) is 6.25. The van der Waals surface area contributed by atoms with Crippen LogP contribution in [0.4, 0.5) is 0 Å². The molecule has 0 spiro atoms. The first-order chi connectivity index (χ1) is 8.22. The van der Waals surface area contributed by atoms with Crippen molar-refractivity contribution in [3.8, 4) is 0 Å². The van der Waals surface area contributed by atoms with Crippen LogP contribution in [0, 0.1) is 17.3 Å². The van der Waals surface area contributed by atoms with Gasteiger partial charge in [0.2, 0.25) is 0 Å². The van der Waals surface area contributed by atoms with E-state index < -0.39 is 0 Å². The Labute approximate surface area is 108 Å². The summed E-state index contributed by atoms with van der Waals surface area (Å²) in [5, 5.41) is 4.20. The monoisotopic (exact) mass is 250 g/mol.